The molecule has 0 bridgehead atoms. The van der Waals surface area contributed by atoms with Crippen LogP contribution in [0.1, 0.15) is 168 Å². The van der Waals surface area contributed by atoms with E-state index in [9.17, 15) is 9.59 Å². The Bertz CT molecular complexity index is 779. The molecule has 0 aliphatic carbocycles. The van der Waals surface area contributed by atoms with Crippen LogP contribution in [0.15, 0.2) is 0 Å². The largest absolute Gasteiger partial charge is 1.00 e. The van der Waals surface area contributed by atoms with Crippen molar-refractivity contribution in [1.29, 1.82) is 0 Å². The lowest BCUT2D eigenvalue weighted by atomic mass is 10.1. The molecule has 0 N–H and O–H groups in total. The molecule has 1 fully saturated rings. The van der Waals surface area contributed by atoms with Crippen molar-refractivity contribution in [2.24, 2.45) is 0 Å². The number of esters is 2. The average molecular weight is 842 g/mol. The summed E-state index contributed by atoms with van der Waals surface area (Å²) >= 11 is 0. The fraction of sp³-hybridized carbons (Fsp3) is 0.951. The highest BCUT2D eigenvalue weighted by atomic mass is 79.9. The highest BCUT2D eigenvalue weighted by molar-refractivity contribution is 5.70. The standard InChI is InChI=1S/C41H83N3O4.2BrH/c1-6-8-10-12-14-16-18-20-22-24-26-28-36-47-40(45)38-43(3,4)33-30-42-31-34-44(5,35-32-42)39-41(46)48-37-29-27-25-23-21-19-17-15-13-11-9-7-2;;/h6-39H2,1-5H3;2*1H/q+2;;/p-2. The number of halogens is 2. The molecule has 1 saturated heterocycles. The molecular weight excluding hydrogens is 758 g/mol. The van der Waals surface area contributed by atoms with Crippen LogP contribution in [0.5, 0.6) is 0 Å². The van der Waals surface area contributed by atoms with Crippen LogP contribution in [0.25, 0.3) is 0 Å². The molecule has 0 unspecified atom stereocenters. The maximum atomic E-state index is 12.6. The molecule has 7 nitrogen and oxygen atoms in total. The fourth-order valence-electron chi connectivity index (χ4n) is 6.87. The predicted octanol–water partition coefficient (Wildman–Crippen LogP) is 3.32. The summed E-state index contributed by atoms with van der Waals surface area (Å²) in [6.45, 7) is 12.3. The molecule has 0 atom stereocenters. The minimum atomic E-state index is -0.0760. The molecule has 0 amide bonds. The van der Waals surface area contributed by atoms with Crippen LogP contribution < -0.4 is 34.0 Å². The van der Waals surface area contributed by atoms with Gasteiger partial charge in [-0.25, -0.2) is 9.59 Å². The van der Waals surface area contributed by atoms with E-state index in [2.05, 4.69) is 39.9 Å². The van der Waals surface area contributed by atoms with Crippen LogP contribution in [0.2, 0.25) is 0 Å². The van der Waals surface area contributed by atoms with Crippen LogP contribution in [-0.2, 0) is 19.1 Å². The third kappa shape index (κ3) is 31.3. The van der Waals surface area contributed by atoms with Gasteiger partial charge in [-0.2, -0.15) is 0 Å². The normalized spacial score (nSPS) is 14.5. The van der Waals surface area contributed by atoms with Gasteiger partial charge in [0.1, 0.15) is 0 Å². The second-order valence-electron chi connectivity index (χ2n) is 16.1. The Balaban J connectivity index is 0. The summed E-state index contributed by atoms with van der Waals surface area (Å²) in [6.07, 6.45) is 31.5. The third-order valence-electron chi connectivity index (χ3n) is 10.5. The van der Waals surface area contributed by atoms with E-state index in [0.29, 0.717) is 30.8 Å². The zero-order valence-electron chi connectivity index (χ0n) is 33.8. The van der Waals surface area contributed by atoms with Crippen molar-refractivity contribution in [3.8, 4) is 0 Å². The van der Waals surface area contributed by atoms with E-state index in [1.165, 1.54) is 128 Å². The number of unbranched alkanes of at least 4 members (excludes halogenated alkanes) is 22. The summed E-state index contributed by atoms with van der Waals surface area (Å²) < 4.78 is 12.6. The van der Waals surface area contributed by atoms with E-state index in [1.54, 1.807) is 0 Å². The number of carbonyl (C=O) groups excluding carboxylic acids is 2. The summed E-state index contributed by atoms with van der Waals surface area (Å²) in [5.41, 5.74) is 0. The van der Waals surface area contributed by atoms with Gasteiger partial charge in [-0.1, -0.05) is 155 Å². The lowest BCUT2D eigenvalue weighted by molar-refractivity contribution is -0.907. The van der Waals surface area contributed by atoms with Crippen LogP contribution >= 0.6 is 0 Å². The Morgan fingerprint density at radius 3 is 1.28 bits per heavy atom. The van der Waals surface area contributed by atoms with Gasteiger partial charge in [0.15, 0.2) is 13.1 Å². The zero-order valence-corrected chi connectivity index (χ0v) is 36.9. The molecule has 50 heavy (non-hydrogen) atoms. The van der Waals surface area contributed by atoms with E-state index in [-0.39, 0.29) is 45.9 Å². The topological polar surface area (TPSA) is 55.8 Å². The summed E-state index contributed by atoms with van der Waals surface area (Å²) in [7, 11) is 6.44. The molecule has 9 heteroatoms. The number of carbonyl (C=O) groups is 2. The Hall–Kier alpha value is -0.220. The van der Waals surface area contributed by atoms with Crippen LogP contribution in [-0.4, -0.2) is 113 Å². The van der Waals surface area contributed by atoms with Crippen LogP contribution in [0.3, 0.4) is 0 Å². The first-order valence-corrected chi connectivity index (χ1v) is 20.9. The molecule has 1 aliphatic rings. The predicted molar refractivity (Wildman–Crippen MR) is 203 cm³/mol. The number of hydrogen-bond donors (Lipinski definition) is 0. The number of nitrogens with zero attached hydrogens (tertiary/aromatic N) is 3. The van der Waals surface area contributed by atoms with Gasteiger partial charge >= 0.3 is 11.9 Å². The molecule has 0 saturated carbocycles. The summed E-state index contributed by atoms with van der Waals surface area (Å²) in [6, 6.07) is 0. The molecule has 0 spiro atoms. The fourth-order valence-corrected chi connectivity index (χ4v) is 6.87. The monoisotopic (exact) mass is 839 g/mol. The molecule has 0 aromatic rings. The van der Waals surface area contributed by atoms with E-state index in [1.807, 2.05) is 0 Å². The Morgan fingerprint density at radius 1 is 0.560 bits per heavy atom. The number of likely N-dealkylation sites (N-methyl/N-ethyl adjacent to an activating group) is 2. The van der Waals surface area contributed by atoms with Crippen molar-refractivity contribution < 1.29 is 62.0 Å². The lowest BCUT2D eigenvalue weighted by Gasteiger charge is -2.42. The first-order valence-electron chi connectivity index (χ1n) is 20.9. The van der Waals surface area contributed by atoms with E-state index < -0.39 is 0 Å². The van der Waals surface area contributed by atoms with Crippen molar-refractivity contribution in [2.45, 2.75) is 168 Å². The molecule has 1 heterocycles. The Kier molecular flexibility index (Phi) is 35.8. The van der Waals surface area contributed by atoms with Gasteiger partial charge in [0, 0.05) is 19.6 Å². The summed E-state index contributed by atoms with van der Waals surface area (Å²) in [5, 5.41) is 0. The third-order valence-corrected chi connectivity index (χ3v) is 10.5. The van der Waals surface area contributed by atoms with Crippen molar-refractivity contribution in [1.82, 2.24) is 4.90 Å². The van der Waals surface area contributed by atoms with Gasteiger partial charge in [-0.05, 0) is 12.8 Å². The number of hydrogen-bond acceptors (Lipinski definition) is 5. The molecular formula is C41H83Br2N3O4. The van der Waals surface area contributed by atoms with Gasteiger partial charge in [0.25, 0.3) is 0 Å². The highest BCUT2D eigenvalue weighted by Gasteiger charge is 2.32. The summed E-state index contributed by atoms with van der Waals surface area (Å²) in [4.78, 5) is 27.6. The van der Waals surface area contributed by atoms with E-state index in [4.69, 9.17) is 9.47 Å². The quantitative estimate of drug-likeness (QED) is 0.0578. The SMILES string of the molecule is CCCCCCCCCCCCCCOC(=O)C[N+](C)(C)CCN1CC[N+](C)(CC(=O)OCCCCCCCCCCCCCC)CC1.[Br-].[Br-]. The molecule has 0 radical (unpaired) electrons. The molecule has 1 rings (SSSR count). The number of rotatable bonds is 33. The molecule has 1 aliphatic heterocycles. The molecule has 0 aromatic heterocycles. The van der Waals surface area contributed by atoms with Crippen LogP contribution in [0.4, 0.5) is 0 Å². The zero-order chi connectivity index (χ0) is 35.2. The molecule has 300 valence electrons. The second kappa shape index (κ2) is 34.5. The van der Waals surface area contributed by atoms with E-state index in [0.717, 1.165) is 69.4 Å². The van der Waals surface area contributed by atoms with Gasteiger partial charge in [-0.15, -0.1) is 0 Å². The number of quaternary nitrogens is 2. The van der Waals surface area contributed by atoms with Gasteiger partial charge in [-0.3, -0.25) is 4.90 Å². The number of ether oxygens (including phenoxy) is 2. The van der Waals surface area contributed by atoms with Crippen molar-refractivity contribution in [3.05, 3.63) is 0 Å². The minimum absolute atomic E-state index is 0. The Labute approximate surface area is 332 Å². The average Bonchev–Trinajstić information content (AvgIpc) is 3.05. The van der Waals surface area contributed by atoms with Gasteiger partial charge < -0.3 is 52.4 Å². The second-order valence-corrected chi connectivity index (χ2v) is 16.1. The lowest BCUT2D eigenvalue weighted by Crippen LogP contribution is -3.00. The minimum Gasteiger partial charge on any atom is -1.00 e. The van der Waals surface area contributed by atoms with Gasteiger partial charge in [0.05, 0.1) is 54.0 Å². The van der Waals surface area contributed by atoms with Crippen molar-refractivity contribution in [2.75, 3.05) is 86.7 Å². The first kappa shape index (κ1) is 51.9. The van der Waals surface area contributed by atoms with Gasteiger partial charge in [0.2, 0.25) is 0 Å². The maximum Gasteiger partial charge on any atom is 0.361 e. The first-order chi connectivity index (χ1) is 23.2. The number of piperazine rings is 1. The van der Waals surface area contributed by atoms with Crippen molar-refractivity contribution in [3.63, 3.8) is 0 Å². The van der Waals surface area contributed by atoms with Crippen molar-refractivity contribution >= 4 is 11.9 Å². The highest BCUT2D eigenvalue weighted by Crippen LogP contribution is 2.15. The maximum absolute atomic E-state index is 12.6. The summed E-state index contributed by atoms with van der Waals surface area (Å²) in [5.74, 6) is -0.123. The Morgan fingerprint density at radius 2 is 0.900 bits per heavy atom. The van der Waals surface area contributed by atoms with Crippen LogP contribution in [0, 0.1) is 0 Å². The van der Waals surface area contributed by atoms with E-state index >= 15 is 0 Å². The smallest absolute Gasteiger partial charge is 0.361 e. The molecule has 0 aromatic carbocycles.